The SMILES string of the molecule is CC(C)(C)OC(=O)NC1CCCC1NCc1ccc([N+](=O)[O-])s1. The van der Waals surface area contributed by atoms with Crippen molar-refractivity contribution in [3.8, 4) is 0 Å². The van der Waals surface area contributed by atoms with Crippen LogP contribution in [0.4, 0.5) is 9.80 Å². The lowest BCUT2D eigenvalue weighted by atomic mass is 10.1. The summed E-state index contributed by atoms with van der Waals surface area (Å²) in [6, 6.07) is 3.47. The summed E-state index contributed by atoms with van der Waals surface area (Å²) in [4.78, 5) is 23.1. The summed E-state index contributed by atoms with van der Waals surface area (Å²) >= 11 is 1.17. The molecule has 1 amide bonds. The number of ether oxygens (including phenoxy) is 1. The topological polar surface area (TPSA) is 93.5 Å². The number of rotatable bonds is 5. The first-order valence-corrected chi connectivity index (χ1v) is 8.52. The van der Waals surface area contributed by atoms with Crippen LogP contribution in [0.25, 0.3) is 0 Å². The fourth-order valence-electron chi connectivity index (χ4n) is 2.63. The summed E-state index contributed by atoms with van der Waals surface area (Å²) in [5.74, 6) is 0. The first-order chi connectivity index (χ1) is 10.7. The molecule has 1 aromatic heterocycles. The summed E-state index contributed by atoms with van der Waals surface area (Å²) in [7, 11) is 0. The van der Waals surface area contributed by atoms with Gasteiger partial charge in [0.15, 0.2) is 0 Å². The van der Waals surface area contributed by atoms with E-state index in [0.29, 0.717) is 6.54 Å². The van der Waals surface area contributed by atoms with Crippen molar-refractivity contribution in [2.75, 3.05) is 0 Å². The summed E-state index contributed by atoms with van der Waals surface area (Å²) < 4.78 is 5.29. The molecule has 0 aromatic carbocycles. The van der Waals surface area contributed by atoms with E-state index in [2.05, 4.69) is 10.6 Å². The Bertz CT molecular complexity index is 567. The Morgan fingerprint density at radius 3 is 2.70 bits per heavy atom. The molecular formula is C15H23N3O4S. The van der Waals surface area contributed by atoms with Crippen molar-refractivity contribution in [2.24, 2.45) is 0 Å². The zero-order valence-electron chi connectivity index (χ0n) is 13.6. The van der Waals surface area contributed by atoms with Gasteiger partial charge in [0.25, 0.3) is 0 Å². The van der Waals surface area contributed by atoms with Crippen LogP contribution in [0.3, 0.4) is 0 Å². The van der Waals surface area contributed by atoms with Gasteiger partial charge in [-0.05, 0) is 46.1 Å². The number of carbonyl (C=O) groups excluding carboxylic acids is 1. The minimum Gasteiger partial charge on any atom is -0.444 e. The van der Waals surface area contributed by atoms with Gasteiger partial charge in [0.2, 0.25) is 0 Å². The second-order valence-electron chi connectivity index (χ2n) is 6.67. The lowest BCUT2D eigenvalue weighted by Crippen LogP contribution is -2.47. The van der Waals surface area contributed by atoms with Gasteiger partial charge in [-0.2, -0.15) is 0 Å². The van der Waals surface area contributed by atoms with E-state index in [0.717, 1.165) is 24.1 Å². The summed E-state index contributed by atoms with van der Waals surface area (Å²) in [6.45, 7) is 6.07. The largest absolute Gasteiger partial charge is 0.444 e. The number of hydrogen-bond donors (Lipinski definition) is 2. The number of alkyl carbamates (subject to hydrolysis) is 1. The lowest BCUT2D eigenvalue weighted by Gasteiger charge is -2.25. The highest BCUT2D eigenvalue weighted by Crippen LogP contribution is 2.25. The van der Waals surface area contributed by atoms with Crippen LogP contribution in [0.2, 0.25) is 0 Å². The van der Waals surface area contributed by atoms with Gasteiger partial charge >= 0.3 is 11.1 Å². The number of carbonyl (C=O) groups is 1. The van der Waals surface area contributed by atoms with E-state index in [-0.39, 0.29) is 22.0 Å². The van der Waals surface area contributed by atoms with Crippen LogP contribution in [0, 0.1) is 10.1 Å². The fourth-order valence-corrected chi connectivity index (χ4v) is 3.40. The molecule has 1 aliphatic rings. The van der Waals surface area contributed by atoms with Crippen LogP contribution in [0.1, 0.15) is 44.9 Å². The molecule has 2 rings (SSSR count). The maximum Gasteiger partial charge on any atom is 0.407 e. The molecule has 1 saturated carbocycles. The molecule has 0 radical (unpaired) electrons. The Balaban J connectivity index is 1.84. The van der Waals surface area contributed by atoms with Crippen LogP contribution in [0.15, 0.2) is 12.1 Å². The van der Waals surface area contributed by atoms with Crippen LogP contribution >= 0.6 is 11.3 Å². The molecule has 1 aliphatic carbocycles. The average molecular weight is 341 g/mol. The van der Waals surface area contributed by atoms with Gasteiger partial charge in [0.05, 0.1) is 4.92 Å². The standard InChI is InChI=1S/C15H23N3O4S/c1-15(2,3)22-14(19)17-12-6-4-5-11(12)16-9-10-7-8-13(23-10)18(20)21/h7-8,11-12,16H,4-6,9H2,1-3H3,(H,17,19). The van der Waals surface area contributed by atoms with Gasteiger partial charge in [0, 0.05) is 29.6 Å². The maximum absolute atomic E-state index is 11.9. The minimum absolute atomic E-state index is 0.0276. The van der Waals surface area contributed by atoms with Crippen LogP contribution in [0.5, 0.6) is 0 Å². The number of nitro groups is 1. The van der Waals surface area contributed by atoms with Gasteiger partial charge in [-0.3, -0.25) is 10.1 Å². The highest BCUT2D eigenvalue weighted by Gasteiger charge is 2.30. The molecule has 7 nitrogen and oxygen atoms in total. The van der Waals surface area contributed by atoms with Crippen molar-refractivity contribution in [3.63, 3.8) is 0 Å². The van der Waals surface area contributed by atoms with Gasteiger partial charge in [0.1, 0.15) is 5.60 Å². The molecule has 2 atom stereocenters. The minimum atomic E-state index is -0.512. The van der Waals surface area contributed by atoms with Crippen LogP contribution in [-0.4, -0.2) is 28.7 Å². The Hall–Kier alpha value is -1.67. The van der Waals surface area contributed by atoms with E-state index < -0.39 is 11.7 Å². The Morgan fingerprint density at radius 1 is 1.39 bits per heavy atom. The maximum atomic E-state index is 11.9. The van der Waals surface area contributed by atoms with Gasteiger partial charge in [-0.1, -0.05) is 11.3 Å². The molecule has 1 heterocycles. The monoisotopic (exact) mass is 341 g/mol. The molecule has 2 N–H and O–H groups in total. The first kappa shape index (κ1) is 17.7. The van der Waals surface area contributed by atoms with Crippen molar-refractivity contribution in [2.45, 2.75) is 64.3 Å². The number of nitrogens with one attached hydrogen (secondary N) is 2. The molecular weight excluding hydrogens is 318 g/mol. The number of amides is 1. The van der Waals surface area contributed by atoms with Crippen LogP contribution in [-0.2, 0) is 11.3 Å². The summed E-state index contributed by atoms with van der Waals surface area (Å²) in [5.41, 5.74) is -0.512. The molecule has 8 heteroatoms. The molecule has 1 aromatic rings. The smallest absolute Gasteiger partial charge is 0.407 e. The molecule has 2 unspecified atom stereocenters. The lowest BCUT2D eigenvalue weighted by molar-refractivity contribution is -0.380. The number of hydrogen-bond acceptors (Lipinski definition) is 6. The van der Waals surface area contributed by atoms with E-state index in [1.54, 1.807) is 6.07 Å². The Kier molecular flexibility index (Phi) is 5.59. The zero-order chi connectivity index (χ0) is 17.0. The molecule has 0 saturated heterocycles. The van der Waals surface area contributed by atoms with E-state index >= 15 is 0 Å². The second-order valence-corrected chi connectivity index (χ2v) is 7.81. The first-order valence-electron chi connectivity index (χ1n) is 7.70. The van der Waals surface area contributed by atoms with Crippen LogP contribution < -0.4 is 10.6 Å². The molecule has 0 bridgehead atoms. The predicted molar refractivity (Wildman–Crippen MR) is 88.6 cm³/mol. The molecule has 128 valence electrons. The van der Waals surface area contributed by atoms with E-state index in [1.807, 2.05) is 20.8 Å². The zero-order valence-corrected chi connectivity index (χ0v) is 14.4. The number of nitrogens with zero attached hydrogens (tertiary/aromatic N) is 1. The highest BCUT2D eigenvalue weighted by molar-refractivity contribution is 7.15. The third-order valence-electron chi connectivity index (χ3n) is 3.58. The molecule has 0 spiro atoms. The van der Waals surface area contributed by atoms with E-state index in [9.17, 15) is 14.9 Å². The number of thiophene rings is 1. The molecule has 1 fully saturated rings. The third kappa shape index (κ3) is 5.47. The fraction of sp³-hybridized carbons (Fsp3) is 0.667. The van der Waals surface area contributed by atoms with E-state index in [1.165, 1.54) is 17.4 Å². The van der Waals surface area contributed by atoms with E-state index in [4.69, 9.17) is 4.74 Å². The highest BCUT2D eigenvalue weighted by atomic mass is 32.1. The second kappa shape index (κ2) is 7.27. The Labute approximate surface area is 139 Å². The normalized spacial score (nSPS) is 21.2. The summed E-state index contributed by atoms with van der Waals surface area (Å²) in [5, 5.41) is 17.1. The van der Waals surface area contributed by atoms with Crippen molar-refractivity contribution >= 4 is 22.4 Å². The van der Waals surface area contributed by atoms with Gasteiger partial charge < -0.3 is 15.4 Å². The van der Waals surface area contributed by atoms with Crippen molar-refractivity contribution in [1.29, 1.82) is 0 Å². The Morgan fingerprint density at radius 2 is 2.09 bits per heavy atom. The van der Waals surface area contributed by atoms with Crippen molar-refractivity contribution in [1.82, 2.24) is 10.6 Å². The van der Waals surface area contributed by atoms with Gasteiger partial charge in [-0.25, -0.2) is 4.79 Å². The quantitative estimate of drug-likeness (QED) is 0.633. The van der Waals surface area contributed by atoms with Crippen molar-refractivity contribution in [3.05, 3.63) is 27.1 Å². The van der Waals surface area contributed by atoms with Gasteiger partial charge in [-0.15, -0.1) is 0 Å². The third-order valence-corrected chi connectivity index (χ3v) is 4.62. The predicted octanol–water partition coefficient (Wildman–Crippen LogP) is 3.19. The molecule has 23 heavy (non-hydrogen) atoms. The summed E-state index contributed by atoms with van der Waals surface area (Å²) in [6.07, 6.45) is 2.50. The average Bonchev–Trinajstić information content (AvgIpc) is 3.02. The molecule has 0 aliphatic heterocycles. The van der Waals surface area contributed by atoms with Crippen molar-refractivity contribution < 1.29 is 14.5 Å².